The number of fused-ring (bicyclic) bond motifs is 2. The molecule has 37 heavy (non-hydrogen) atoms. The summed E-state index contributed by atoms with van der Waals surface area (Å²) < 4.78 is 49.0. The van der Waals surface area contributed by atoms with E-state index >= 15 is 4.39 Å². The Morgan fingerprint density at radius 2 is 2.05 bits per heavy atom. The number of anilines is 2. The quantitative estimate of drug-likeness (QED) is 0.365. The largest absolute Gasteiger partial charge is 0.378 e. The lowest BCUT2D eigenvalue weighted by molar-refractivity contribution is -0.0794. The molecule has 2 N–H and O–H groups in total. The van der Waals surface area contributed by atoms with Crippen molar-refractivity contribution >= 4 is 28.4 Å². The molecule has 14 heteroatoms. The van der Waals surface area contributed by atoms with Crippen molar-refractivity contribution in [1.82, 2.24) is 39.5 Å². The van der Waals surface area contributed by atoms with Gasteiger partial charge in [-0.05, 0) is 31.5 Å². The Hall–Kier alpha value is -3.52. The van der Waals surface area contributed by atoms with Crippen LogP contribution in [0.4, 0.5) is 24.9 Å². The normalized spacial score (nSPS) is 21.1. The summed E-state index contributed by atoms with van der Waals surface area (Å²) in [5, 5.41) is 18.8. The van der Waals surface area contributed by atoms with Crippen LogP contribution in [-0.4, -0.2) is 97.0 Å². The third-order valence-corrected chi connectivity index (χ3v) is 6.83. The highest BCUT2D eigenvalue weighted by Gasteiger charge is 2.35. The molecule has 2 saturated heterocycles. The van der Waals surface area contributed by atoms with Crippen LogP contribution >= 0.6 is 0 Å². The molecule has 196 valence electrons. The molecule has 0 saturated carbocycles. The van der Waals surface area contributed by atoms with Gasteiger partial charge in [0.1, 0.15) is 23.7 Å². The number of ether oxygens (including phenoxy) is 1. The lowest BCUT2D eigenvalue weighted by Gasteiger charge is -2.42. The fourth-order valence-corrected chi connectivity index (χ4v) is 4.86. The number of nitrogens with one attached hydrogen (secondary N) is 2. The summed E-state index contributed by atoms with van der Waals surface area (Å²) in [4.78, 5) is 11.4. The van der Waals surface area contributed by atoms with Gasteiger partial charge >= 0.3 is 0 Å². The van der Waals surface area contributed by atoms with Crippen molar-refractivity contribution in [2.45, 2.75) is 44.6 Å². The summed E-state index contributed by atoms with van der Waals surface area (Å²) >= 11 is 0. The van der Waals surface area contributed by atoms with E-state index in [1.54, 1.807) is 22.8 Å². The number of piperidine rings is 1. The van der Waals surface area contributed by atoms with Crippen LogP contribution in [0.25, 0.3) is 27.9 Å². The molecular formula is C23H27F3N10O. The first-order valence-corrected chi connectivity index (χ1v) is 12.3. The molecule has 4 aromatic rings. The molecule has 6 heterocycles. The standard InChI is InChI=1S/C23H27F3N10O/c1-2-27-21-20-14(16-3-4-18-22(28-16)36(33-31-18)10-19(25)26)5-8-35(20)32-23(30-21)29-17-6-7-34(9-15(17)24)13-11-37-12-13/h3-5,8,13,15,17,19H,2,6-7,9-12H2,1H3,(H2,27,29,30,32). The molecule has 2 atom stereocenters. The van der Waals surface area contributed by atoms with Gasteiger partial charge in [0.2, 0.25) is 5.95 Å². The summed E-state index contributed by atoms with van der Waals surface area (Å²) in [7, 11) is 0. The Morgan fingerprint density at radius 3 is 2.78 bits per heavy atom. The number of nitrogens with zero attached hydrogens (tertiary/aromatic N) is 8. The molecule has 4 aromatic heterocycles. The van der Waals surface area contributed by atoms with E-state index in [0.29, 0.717) is 72.8 Å². The van der Waals surface area contributed by atoms with Crippen molar-refractivity contribution in [1.29, 1.82) is 0 Å². The number of likely N-dealkylation sites (tertiary alicyclic amines) is 1. The van der Waals surface area contributed by atoms with Crippen LogP contribution in [0.2, 0.25) is 0 Å². The van der Waals surface area contributed by atoms with Gasteiger partial charge in [0.05, 0.1) is 31.0 Å². The maximum Gasteiger partial charge on any atom is 0.258 e. The Kier molecular flexibility index (Phi) is 6.28. The topological polar surface area (TPSA) is 110 Å². The third-order valence-electron chi connectivity index (χ3n) is 6.83. The number of aromatic nitrogens is 7. The van der Waals surface area contributed by atoms with Gasteiger partial charge in [0.15, 0.2) is 11.5 Å². The van der Waals surface area contributed by atoms with E-state index in [1.807, 2.05) is 13.0 Å². The van der Waals surface area contributed by atoms with Crippen LogP contribution < -0.4 is 10.6 Å². The van der Waals surface area contributed by atoms with Gasteiger partial charge < -0.3 is 15.4 Å². The van der Waals surface area contributed by atoms with E-state index < -0.39 is 25.2 Å². The van der Waals surface area contributed by atoms with Crippen molar-refractivity contribution in [3.63, 3.8) is 0 Å². The van der Waals surface area contributed by atoms with E-state index in [9.17, 15) is 8.78 Å². The first-order chi connectivity index (χ1) is 18.0. The van der Waals surface area contributed by atoms with Gasteiger partial charge in [0.25, 0.3) is 6.43 Å². The summed E-state index contributed by atoms with van der Waals surface area (Å²) in [5.41, 5.74) is 2.64. The van der Waals surface area contributed by atoms with Crippen LogP contribution in [0.15, 0.2) is 24.4 Å². The minimum Gasteiger partial charge on any atom is -0.378 e. The molecule has 6 rings (SSSR count). The van der Waals surface area contributed by atoms with Crippen LogP contribution in [-0.2, 0) is 11.3 Å². The molecule has 0 spiro atoms. The van der Waals surface area contributed by atoms with Crippen molar-refractivity contribution in [3.8, 4) is 11.3 Å². The van der Waals surface area contributed by atoms with E-state index in [0.717, 1.165) is 11.2 Å². The highest BCUT2D eigenvalue weighted by Crippen LogP contribution is 2.31. The molecule has 0 radical (unpaired) electrons. The highest BCUT2D eigenvalue weighted by atomic mass is 19.3. The van der Waals surface area contributed by atoms with Crippen molar-refractivity contribution in [2.75, 3.05) is 43.5 Å². The number of hydrogen-bond acceptors (Lipinski definition) is 9. The second kappa shape index (κ2) is 9.74. The fourth-order valence-electron chi connectivity index (χ4n) is 4.86. The Morgan fingerprint density at radius 1 is 1.19 bits per heavy atom. The van der Waals surface area contributed by atoms with Crippen molar-refractivity contribution < 1.29 is 17.9 Å². The second-order valence-corrected chi connectivity index (χ2v) is 9.28. The predicted octanol–water partition coefficient (Wildman–Crippen LogP) is 2.46. The zero-order valence-electron chi connectivity index (χ0n) is 20.2. The summed E-state index contributed by atoms with van der Waals surface area (Å²) in [5.74, 6) is 0.877. The lowest BCUT2D eigenvalue weighted by atomic mass is 10.0. The minimum absolute atomic E-state index is 0.273. The highest BCUT2D eigenvalue weighted by molar-refractivity contribution is 5.89. The molecule has 0 aliphatic carbocycles. The van der Waals surface area contributed by atoms with Crippen LogP contribution in [0, 0.1) is 0 Å². The fraction of sp³-hybridized carbons (Fsp3) is 0.522. The number of halogens is 3. The SMILES string of the molecule is CCNc1nc(NC2CCN(C3COC3)CC2F)nn2ccc(-c3ccc4nnn(CC(F)F)c4n3)c12. The molecule has 0 aromatic carbocycles. The number of alkyl halides is 3. The molecule has 2 unspecified atom stereocenters. The first kappa shape index (κ1) is 23.9. The zero-order valence-corrected chi connectivity index (χ0v) is 20.2. The number of rotatable bonds is 8. The van der Waals surface area contributed by atoms with E-state index in [4.69, 9.17) is 4.74 Å². The lowest BCUT2D eigenvalue weighted by Crippen LogP contribution is -2.57. The van der Waals surface area contributed by atoms with Crippen LogP contribution in [0.1, 0.15) is 13.3 Å². The van der Waals surface area contributed by atoms with Gasteiger partial charge in [-0.2, -0.15) is 4.98 Å². The summed E-state index contributed by atoms with van der Waals surface area (Å²) in [6, 6.07) is 5.20. The van der Waals surface area contributed by atoms with Gasteiger partial charge in [-0.1, -0.05) is 5.21 Å². The van der Waals surface area contributed by atoms with Crippen LogP contribution in [0.5, 0.6) is 0 Å². The molecule has 11 nitrogen and oxygen atoms in total. The van der Waals surface area contributed by atoms with E-state index in [-0.39, 0.29) is 5.65 Å². The number of hydrogen-bond donors (Lipinski definition) is 2. The Labute approximate surface area is 210 Å². The second-order valence-electron chi connectivity index (χ2n) is 9.28. The molecule has 0 bridgehead atoms. The molecule has 2 aliphatic rings. The predicted molar refractivity (Wildman–Crippen MR) is 131 cm³/mol. The molecule has 2 aliphatic heterocycles. The Bertz CT molecular complexity index is 1400. The molecule has 2 fully saturated rings. The Balaban J connectivity index is 1.30. The summed E-state index contributed by atoms with van der Waals surface area (Å²) in [6.07, 6.45) is -1.23. The maximum atomic E-state index is 15.0. The van der Waals surface area contributed by atoms with E-state index in [1.165, 1.54) is 0 Å². The number of pyridine rings is 1. The molecule has 0 amide bonds. The van der Waals surface area contributed by atoms with Crippen molar-refractivity contribution in [3.05, 3.63) is 24.4 Å². The molecular weight excluding hydrogens is 489 g/mol. The van der Waals surface area contributed by atoms with E-state index in [2.05, 4.69) is 40.9 Å². The average molecular weight is 517 g/mol. The third kappa shape index (κ3) is 4.55. The first-order valence-electron chi connectivity index (χ1n) is 12.3. The monoisotopic (exact) mass is 516 g/mol. The van der Waals surface area contributed by atoms with Gasteiger partial charge in [-0.25, -0.2) is 27.4 Å². The average Bonchev–Trinajstić information content (AvgIpc) is 3.44. The van der Waals surface area contributed by atoms with Crippen LogP contribution in [0.3, 0.4) is 0 Å². The van der Waals surface area contributed by atoms with Crippen molar-refractivity contribution in [2.24, 2.45) is 0 Å². The smallest absolute Gasteiger partial charge is 0.258 e. The summed E-state index contributed by atoms with van der Waals surface area (Å²) in [6.45, 7) is 4.43. The van der Waals surface area contributed by atoms with Gasteiger partial charge in [0, 0.05) is 31.4 Å². The zero-order chi connectivity index (χ0) is 25.5. The minimum atomic E-state index is -2.58. The van der Waals surface area contributed by atoms with Gasteiger partial charge in [-0.3, -0.25) is 4.90 Å². The van der Waals surface area contributed by atoms with Gasteiger partial charge in [-0.15, -0.1) is 10.2 Å². The maximum absolute atomic E-state index is 15.0.